The van der Waals surface area contributed by atoms with Crippen molar-refractivity contribution in [3.05, 3.63) is 53.6 Å². The van der Waals surface area contributed by atoms with E-state index in [-0.39, 0.29) is 0 Å². The maximum absolute atomic E-state index is 5.72. The summed E-state index contributed by atoms with van der Waals surface area (Å²) >= 11 is 1.60. The average molecular weight is 270 g/mol. The van der Waals surface area contributed by atoms with Crippen LogP contribution in [0.4, 0.5) is 5.69 Å². The van der Waals surface area contributed by atoms with Crippen LogP contribution in [0.15, 0.2) is 52.1 Å². The number of nitrogens with zero attached hydrogens (tertiary/aromatic N) is 1. The number of aryl methyl sites for hydroxylation is 1. The van der Waals surface area contributed by atoms with Crippen LogP contribution >= 0.6 is 11.8 Å². The number of aromatic nitrogens is 1. The highest BCUT2D eigenvalue weighted by atomic mass is 32.2. The van der Waals surface area contributed by atoms with Crippen molar-refractivity contribution in [3.63, 3.8) is 0 Å². The van der Waals surface area contributed by atoms with Gasteiger partial charge in [0.25, 0.3) is 5.22 Å². The van der Waals surface area contributed by atoms with Crippen LogP contribution in [0, 0.1) is 6.92 Å². The zero-order chi connectivity index (χ0) is 13.2. The summed E-state index contributed by atoms with van der Waals surface area (Å²) in [6.45, 7) is 2.11. The summed E-state index contributed by atoms with van der Waals surface area (Å²) in [5, 5.41) is 0.684. The van der Waals surface area contributed by atoms with E-state index in [2.05, 4.69) is 30.1 Å². The van der Waals surface area contributed by atoms with Crippen molar-refractivity contribution in [2.75, 3.05) is 5.73 Å². The van der Waals surface area contributed by atoms with Crippen molar-refractivity contribution in [3.8, 4) is 0 Å². The Hall–Kier alpha value is -1.94. The van der Waals surface area contributed by atoms with Crippen LogP contribution in [-0.2, 0) is 5.75 Å². The molecule has 19 heavy (non-hydrogen) atoms. The Kier molecular flexibility index (Phi) is 3.17. The minimum atomic E-state index is 0.684. The smallest absolute Gasteiger partial charge is 0.257 e. The Morgan fingerprint density at radius 1 is 1.21 bits per heavy atom. The van der Waals surface area contributed by atoms with Gasteiger partial charge in [0.05, 0.1) is 0 Å². The first-order valence-corrected chi connectivity index (χ1v) is 7.04. The molecule has 0 bridgehead atoms. The number of nitrogen functional groups attached to an aromatic ring is 1. The molecular weight excluding hydrogens is 256 g/mol. The monoisotopic (exact) mass is 270 g/mol. The second kappa shape index (κ2) is 4.97. The van der Waals surface area contributed by atoms with E-state index in [9.17, 15) is 0 Å². The summed E-state index contributed by atoms with van der Waals surface area (Å²) in [6.07, 6.45) is 0. The van der Waals surface area contributed by atoms with Crippen LogP contribution in [-0.4, -0.2) is 4.98 Å². The second-order valence-corrected chi connectivity index (χ2v) is 5.35. The summed E-state index contributed by atoms with van der Waals surface area (Å²) in [7, 11) is 0. The van der Waals surface area contributed by atoms with Gasteiger partial charge < -0.3 is 10.2 Å². The summed E-state index contributed by atoms with van der Waals surface area (Å²) in [4.78, 5) is 4.44. The first-order valence-electron chi connectivity index (χ1n) is 6.06. The molecule has 1 aromatic heterocycles. The normalized spacial score (nSPS) is 11.0. The highest BCUT2D eigenvalue weighted by molar-refractivity contribution is 7.98. The van der Waals surface area contributed by atoms with Crippen LogP contribution in [0.25, 0.3) is 11.1 Å². The number of rotatable bonds is 3. The lowest BCUT2D eigenvalue weighted by Gasteiger charge is -2.02. The number of hydrogen-bond donors (Lipinski definition) is 1. The van der Waals surface area contributed by atoms with E-state index in [1.165, 1.54) is 11.1 Å². The lowest BCUT2D eigenvalue weighted by atomic mass is 10.1. The number of anilines is 1. The van der Waals surface area contributed by atoms with Gasteiger partial charge in [0.15, 0.2) is 5.58 Å². The number of fused-ring (bicyclic) bond motifs is 1. The third-order valence-corrected chi connectivity index (χ3v) is 3.88. The third-order valence-electron chi connectivity index (χ3n) is 3.01. The van der Waals surface area contributed by atoms with E-state index in [4.69, 9.17) is 10.2 Å². The molecule has 2 N–H and O–H groups in total. The van der Waals surface area contributed by atoms with Gasteiger partial charge in [-0.15, -0.1) is 0 Å². The molecule has 0 aliphatic heterocycles. The Balaban J connectivity index is 1.80. The molecule has 0 saturated heterocycles. The molecule has 0 fully saturated rings. The number of oxazole rings is 1. The zero-order valence-electron chi connectivity index (χ0n) is 10.6. The fourth-order valence-corrected chi connectivity index (χ4v) is 2.81. The Labute approximate surface area is 115 Å². The van der Waals surface area contributed by atoms with Gasteiger partial charge in [-0.2, -0.15) is 0 Å². The van der Waals surface area contributed by atoms with E-state index >= 15 is 0 Å². The van der Waals surface area contributed by atoms with Crippen LogP contribution in [0.3, 0.4) is 0 Å². The minimum absolute atomic E-state index is 0.684. The molecule has 0 spiro atoms. The predicted molar refractivity (Wildman–Crippen MR) is 79.2 cm³/mol. The van der Waals surface area contributed by atoms with E-state index in [1.807, 2.05) is 18.2 Å². The molecule has 2 aromatic carbocycles. The number of benzene rings is 2. The van der Waals surface area contributed by atoms with Crippen molar-refractivity contribution >= 4 is 28.5 Å². The first-order chi connectivity index (χ1) is 9.22. The molecule has 3 nitrogen and oxygen atoms in total. The van der Waals surface area contributed by atoms with Crippen LogP contribution in [0.5, 0.6) is 0 Å². The van der Waals surface area contributed by atoms with Gasteiger partial charge in [-0.1, -0.05) is 36.0 Å². The average Bonchev–Trinajstić information content (AvgIpc) is 2.79. The molecule has 0 atom stereocenters. The van der Waals surface area contributed by atoms with Gasteiger partial charge in [-0.25, -0.2) is 4.98 Å². The molecular formula is C15H14N2OS. The highest BCUT2D eigenvalue weighted by Gasteiger charge is 2.07. The third kappa shape index (κ3) is 2.58. The van der Waals surface area contributed by atoms with Crippen LogP contribution in [0.2, 0.25) is 0 Å². The Morgan fingerprint density at radius 2 is 2.05 bits per heavy atom. The van der Waals surface area contributed by atoms with Gasteiger partial charge in [0.2, 0.25) is 0 Å². The van der Waals surface area contributed by atoms with Crippen LogP contribution in [0.1, 0.15) is 11.1 Å². The predicted octanol–water partition coefficient (Wildman–Crippen LogP) is 4.01. The van der Waals surface area contributed by atoms with Gasteiger partial charge >= 0.3 is 0 Å². The highest BCUT2D eigenvalue weighted by Crippen LogP contribution is 2.27. The van der Waals surface area contributed by atoms with E-state index < -0.39 is 0 Å². The number of thioether (sulfide) groups is 1. The lowest BCUT2D eigenvalue weighted by Crippen LogP contribution is -1.85. The SMILES string of the molecule is Cc1ccccc1CSc1nc2ccc(N)cc2o1. The zero-order valence-corrected chi connectivity index (χ0v) is 11.4. The molecule has 4 heteroatoms. The maximum atomic E-state index is 5.72. The number of nitrogens with two attached hydrogens (primary N) is 1. The fourth-order valence-electron chi connectivity index (χ4n) is 1.89. The largest absolute Gasteiger partial charge is 0.431 e. The summed E-state index contributed by atoms with van der Waals surface area (Å²) in [5.41, 5.74) is 10.6. The van der Waals surface area contributed by atoms with Gasteiger partial charge in [-0.3, -0.25) is 0 Å². The quantitative estimate of drug-likeness (QED) is 0.577. The maximum Gasteiger partial charge on any atom is 0.257 e. The molecule has 0 unspecified atom stereocenters. The van der Waals surface area contributed by atoms with Crippen molar-refractivity contribution in [2.45, 2.75) is 17.9 Å². The molecule has 96 valence electrons. The summed E-state index contributed by atoms with van der Waals surface area (Å²) in [6, 6.07) is 13.9. The summed E-state index contributed by atoms with van der Waals surface area (Å²) in [5.74, 6) is 0.856. The molecule has 0 amide bonds. The van der Waals surface area contributed by atoms with Gasteiger partial charge in [0.1, 0.15) is 5.52 Å². The lowest BCUT2D eigenvalue weighted by molar-refractivity contribution is 0.489. The molecule has 3 rings (SSSR count). The molecule has 0 saturated carbocycles. The Morgan fingerprint density at radius 3 is 2.89 bits per heavy atom. The standard InChI is InChI=1S/C15H14N2OS/c1-10-4-2-3-5-11(10)9-19-15-17-13-7-6-12(16)8-14(13)18-15/h2-8H,9,16H2,1H3. The van der Waals surface area contributed by atoms with Gasteiger partial charge in [0, 0.05) is 17.5 Å². The van der Waals surface area contributed by atoms with Crippen molar-refractivity contribution < 1.29 is 4.42 Å². The summed E-state index contributed by atoms with van der Waals surface area (Å²) < 4.78 is 5.68. The van der Waals surface area contributed by atoms with E-state index in [1.54, 1.807) is 17.8 Å². The molecule has 0 aliphatic carbocycles. The minimum Gasteiger partial charge on any atom is -0.431 e. The number of hydrogen-bond acceptors (Lipinski definition) is 4. The second-order valence-electron chi connectivity index (χ2n) is 4.42. The molecule has 0 aliphatic rings. The van der Waals surface area contributed by atoms with Crippen LogP contribution < -0.4 is 5.73 Å². The van der Waals surface area contributed by atoms with E-state index in [0.29, 0.717) is 10.9 Å². The van der Waals surface area contributed by atoms with E-state index in [0.717, 1.165) is 16.9 Å². The molecule has 3 aromatic rings. The molecule has 0 radical (unpaired) electrons. The van der Waals surface area contributed by atoms with Gasteiger partial charge in [-0.05, 0) is 30.2 Å². The molecule has 1 heterocycles. The van der Waals surface area contributed by atoms with Crippen molar-refractivity contribution in [2.24, 2.45) is 0 Å². The first kappa shape index (κ1) is 12.1. The fraction of sp³-hybridized carbons (Fsp3) is 0.133. The topological polar surface area (TPSA) is 52.0 Å². The van der Waals surface area contributed by atoms with Crippen molar-refractivity contribution in [1.29, 1.82) is 0 Å². The Bertz CT molecular complexity index is 721. The van der Waals surface area contributed by atoms with Crippen molar-refractivity contribution in [1.82, 2.24) is 4.98 Å².